The molecule has 0 aliphatic carbocycles. The highest BCUT2D eigenvalue weighted by molar-refractivity contribution is 6.34. The summed E-state index contributed by atoms with van der Waals surface area (Å²) >= 11 is 6.17. The average Bonchev–Trinajstić information content (AvgIpc) is 2.37. The molecule has 0 saturated carbocycles. The fourth-order valence-electron chi connectivity index (χ4n) is 2.16. The standard InChI is InChI=1S/C12H16ClN3O3/c13-10-4-7(14)3-9(12(15)18)11(10)16-1-2-19-8(5-16)6-17/h3-4,8,17H,1-2,5-6,14H2,(H2,15,18). The highest BCUT2D eigenvalue weighted by Gasteiger charge is 2.25. The van der Waals surface area contributed by atoms with E-state index in [0.717, 1.165) is 0 Å². The van der Waals surface area contributed by atoms with E-state index >= 15 is 0 Å². The predicted molar refractivity (Wildman–Crippen MR) is 73.4 cm³/mol. The second-order valence-corrected chi connectivity index (χ2v) is 4.79. The lowest BCUT2D eigenvalue weighted by Crippen LogP contribution is -2.45. The van der Waals surface area contributed by atoms with Crippen molar-refractivity contribution in [2.75, 3.05) is 36.9 Å². The molecule has 5 N–H and O–H groups in total. The van der Waals surface area contributed by atoms with E-state index in [1.165, 1.54) is 6.07 Å². The number of benzene rings is 1. The molecular weight excluding hydrogens is 270 g/mol. The third-order valence-electron chi connectivity index (χ3n) is 3.01. The molecule has 1 aliphatic heterocycles. The lowest BCUT2D eigenvalue weighted by Gasteiger charge is -2.35. The summed E-state index contributed by atoms with van der Waals surface area (Å²) < 4.78 is 5.37. The van der Waals surface area contributed by atoms with Gasteiger partial charge in [-0.2, -0.15) is 0 Å². The number of aliphatic hydroxyl groups excluding tert-OH is 1. The second kappa shape index (κ2) is 5.64. The lowest BCUT2D eigenvalue weighted by atomic mass is 10.1. The van der Waals surface area contributed by atoms with Crippen molar-refractivity contribution in [3.8, 4) is 0 Å². The van der Waals surface area contributed by atoms with Crippen LogP contribution in [0.2, 0.25) is 5.02 Å². The highest BCUT2D eigenvalue weighted by Crippen LogP contribution is 2.33. The predicted octanol–water partition coefficient (Wildman–Crippen LogP) is 0.219. The summed E-state index contributed by atoms with van der Waals surface area (Å²) in [6.07, 6.45) is -0.303. The fraction of sp³-hybridized carbons (Fsp3) is 0.417. The van der Waals surface area contributed by atoms with Crippen LogP contribution in [-0.4, -0.2) is 43.4 Å². The van der Waals surface area contributed by atoms with Gasteiger partial charge in [0.15, 0.2) is 0 Å². The van der Waals surface area contributed by atoms with Crippen molar-refractivity contribution >= 4 is 28.9 Å². The number of carbonyl (C=O) groups is 1. The minimum Gasteiger partial charge on any atom is -0.399 e. The van der Waals surface area contributed by atoms with E-state index < -0.39 is 5.91 Å². The fourth-order valence-corrected chi connectivity index (χ4v) is 2.51. The van der Waals surface area contributed by atoms with E-state index in [2.05, 4.69) is 0 Å². The molecule has 19 heavy (non-hydrogen) atoms. The Kier molecular flexibility index (Phi) is 4.14. The molecule has 0 spiro atoms. The first-order valence-electron chi connectivity index (χ1n) is 5.89. The Hall–Kier alpha value is -1.50. The Morgan fingerprint density at radius 1 is 1.58 bits per heavy atom. The van der Waals surface area contributed by atoms with Gasteiger partial charge in [0.25, 0.3) is 5.91 Å². The molecule has 1 fully saturated rings. The van der Waals surface area contributed by atoms with E-state index in [1.54, 1.807) is 6.07 Å². The van der Waals surface area contributed by atoms with Crippen molar-refractivity contribution in [1.82, 2.24) is 0 Å². The number of ether oxygens (including phenoxy) is 1. The number of nitrogens with two attached hydrogens (primary N) is 2. The average molecular weight is 286 g/mol. The van der Waals surface area contributed by atoms with Crippen LogP contribution in [0.1, 0.15) is 10.4 Å². The van der Waals surface area contributed by atoms with Crippen molar-refractivity contribution in [2.24, 2.45) is 5.73 Å². The van der Waals surface area contributed by atoms with E-state index in [-0.39, 0.29) is 18.3 Å². The summed E-state index contributed by atoms with van der Waals surface area (Å²) in [6.45, 7) is 1.37. The number of hydrogen-bond donors (Lipinski definition) is 3. The van der Waals surface area contributed by atoms with Crippen molar-refractivity contribution < 1.29 is 14.6 Å². The monoisotopic (exact) mass is 285 g/mol. The number of amides is 1. The first kappa shape index (κ1) is 13.9. The number of nitrogen functional groups attached to an aromatic ring is 1. The second-order valence-electron chi connectivity index (χ2n) is 4.38. The van der Waals surface area contributed by atoms with E-state index in [1.807, 2.05) is 4.90 Å². The maximum atomic E-state index is 11.5. The molecule has 1 aliphatic rings. The Bertz CT molecular complexity index is 495. The topological polar surface area (TPSA) is 102 Å². The molecule has 0 bridgehead atoms. The van der Waals surface area contributed by atoms with Gasteiger partial charge in [-0.1, -0.05) is 11.6 Å². The van der Waals surface area contributed by atoms with E-state index in [9.17, 15) is 4.79 Å². The summed E-state index contributed by atoms with van der Waals surface area (Å²) in [5.41, 5.74) is 12.3. The number of anilines is 2. The van der Waals surface area contributed by atoms with Crippen LogP contribution in [0, 0.1) is 0 Å². The number of hydrogen-bond acceptors (Lipinski definition) is 5. The largest absolute Gasteiger partial charge is 0.399 e. The first-order chi connectivity index (χ1) is 9.02. The molecule has 104 valence electrons. The Balaban J connectivity index is 2.40. The molecule has 1 unspecified atom stereocenters. The van der Waals surface area contributed by atoms with Crippen LogP contribution in [0.15, 0.2) is 12.1 Å². The quantitative estimate of drug-likeness (QED) is 0.690. The van der Waals surface area contributed by atoms with Crippen molar-refractivity contribution in [2.45, 2.75) is 6.10 Å². The van der Waals surface area contributed by atoms with Gasteiger partial charge in [0.1, 0.15) is 0 Å². The van der Waals surface area contributed by atoms with E-state index in [4.69, 9.17) is 32.9 Å². The number of morpholine rings is 1. The van der Waals surface area contributed by atoms with Crippen LogP contribution in [0.25, 0.3) is 0 Å². The van der Waals surface area contributed by atoms with Gasteiger partial charge < -0.3 is 26.2 Å². The van der Waals surface area contributed by atoms with Crippen LogP contribution in [0.4, 0.5) is 11.4 Å². The molecule has 2 rings (SSSR count). The zero-order valence-corrected chi connectivity index (χ0v) is 11.1. The van der Waals surface area contributed by atoms with Crippen molar-refractivity contribution in [3.05, 3.63) is 22.7 Å². The summed E-state index contributed by atoms with van der Waals surface area (Å²) in [6, 6.07) is 3.08. The minimum atomic E-state index is -0.587. The van der Waals surface area contributed by atoms with Crippen LogP contribution in [-0.2, 0) is 4.74 Å². The van der Waals surface area contributed by atoms with Gasteiger partial charge in [-0.25, -0.2) is 0 Å². The molecular formula is C12H16ClN3O3. The van der Waals surface area contributed by atoms with Crippen LogP contribution in [0.3, 0.4) is 0 Å². The molecule has 1 atom stereocenters. The van der Waals surface area contributed by atoms with E-state index in [0.29, 0.717) is 36.1 Å². The summed E-state index contributed by atoms with van der Waals surface area (Å²) in [5, 5.41) is 9.52. The zero-order valence-electron chi connectivity index (χ0n) is 10.3. The molecule has 1 amide bonds. The smallest absolute Gasteiger partial charge is 0.250 e. The van der Waals surface area contributed by atoms with Gasteiger partial charge in [-0.3, -0.25) is 4.79 Å². The molecule has 1 aromatic carbocycles. The third-order valence-corrected chi connectivity index (χ3v) is 3.30. The Morgan fingerprint density at radius 3 is 2.95 bits per heavy atom. The molecule has 1 saturated heterocycles. The van der Waals surface area contributed by atoms with Gasteiger partial charge in [0.05, 0.1) is 35.6 Å². The van der Waals surface area contributed by atoms with Crippen LogP contribution < -0.4 is 16.4 Å². The SMILES string of the molecule is NC(=O)c1cc(N)cc(Cl)c1N1CCOC(CO)C1. The molecule has 1 aromatic rings. The third kappa shape index (κ3) is 2.91. The summed E-state index contributed by atoms with van der Waals surface area (Å²) in [4.78, 5) is 13.4. The number of nitrogens with zero attached hydrogens (tertiary/aromatic N) is 1. The van der Waals surface area contributed by atoms with Crippen LogP contribution in [0.5, 0.6) is 0 Å². The van der Waals surface area contributed by atoms with Gasteiger partial charge in [-0.15, -0.1) is 0 Å². The number of halogens is 1. The minimum absolute atomic E-state index is 0.0883. The molecule has 6 nitrogen and oxygen atoms in total. The molecule has 1 heterocycles. The first-order valence-corrected chi connectivity index (χ1v) is 6.27. The highest BCUT2D eigenvalue weighted by atomic mass is 35.5. The van der Waals surface area contributed by atoms with Gasteiger partial charge in [-0.05, 0) is 12.1 Å². The molecule has 0 aromatic heterocycles. The Labute approximate surface area is 115 Å². The normalized spacial score (nSPS) is 19.5. The maximum absolute atomic E-state index is 11.5. The molecule has 7 heteroatoms. The Morgan fingerprint density at radius 2 is 2.32 bits per heavy atom. The summed E-state index contributed by atoms with van der Waals surface area (Å²) in [5.74, 6) is -0.587. The summed E-state index contributed by atoms with van der Waals surface area (Å²) in [7, 11) is 0. The maximum Gasteiger partial charge on any atom is 0.250 e. The van der Waals surface area contributed by atoms with Crippen molar-refractivity contribution in [1.29, 1.82) is 0 Å². The van der Waals surface area contributed by atoms with Gasteiger partial charge in [0.2, 0.25) is 0 Å². The number of aliphatic hydroxyl groups is 1. The number of carbonyl (C=O) groups excluding carboxylic acids is 1. The van der Waals surface area contributed by atoms with Crippen molar-refractivity contribution in [3.63, 3.8) is 0 Å². The molecule has 0 radical (unpaired) electrons. The van der Waals surface area contributed by atoms with Gasteiger partial charge in [0, 0.05) is 18.8 Å². The lowest BCUT2D eigenvalue weighted by molar-refractivity contribution is 0.00354. The number of primary amides is 1. The van der Waals surface area contributed by atoms with Crippen LogP contribution >= 0.6 is 11.6 Å². The number of rotatable bonds is 3. The zero-order chi connectivity index (χ0) is 14.0. The van der Waals surface area contributed by atoms with Gasteiger partial charge >= 0.3 is 0 Å².